The molecule has 1 aromatic rings. The van der Waals surface area contributed by atoms with Crippen LogP contribution in [0.4, 0.5) is 5.69 Å². The molecule has 0 spiro atoms. The maximum absolute atomic E-state index is 11.5. The Bertz CT molecular complexity index is 569. The van der Waals surface area contributed by atoms with E-state index in [9.17, 15) is 13.2 Å². The van der Waals surface area contributed by atoms with Crippen LogP contribution in [0.15, 0.2) is 17.0 Å². The summed E-state index contributed by atoms with van der Waals surface area (Å²) in [4.78, 5) is 11.3. The van der Waals surface area contributed by atoms with Crippen molar-refractivity contribution in [2.24, 2.45) is 0 Å². The van der Waals surface area contributed by atoms with E-state index in [0.29, 0.717) is 22.1 Å². The number of aryl methyl sites for hydroxylation is 2. The molecule has 0 radical (unpaired) electrons. The van der Waals surface area contributed by atoms with Gasteiger partial charge in [0.15, 0.2) is 0 Å². The molecule has 7 heteroatoms. The van der Waals surface area contributed by atoms with E-state index >= 15 is 0 Å². The third kappa shape index (κ3) is 3.92. The quantitative estimate of drug-likeness (QED) is 0.475. The lowest BCUT2D eigenvalue weighted by atomic mass is 10.1. The standard InChI is InChI=1S/C11H14INO4S/c1-7-5-8(2)10(18(15,16)17)6-9(7)13-11(14)3-4-12/h5-6H,3-4H2,1-2H3,(H,13,14)(H,15,16,17). The smallest absolute Gasteiger partial charge is 0.294 e. The van der Waals surface area contributed by atoms with Crippen LogP contribution in [-0.4, -0.2) is 23.3 Å². The Labute approximate surface area is 120 Å². The Kier molecular flexibility index (Phi) is 5.11. The van der Waals surface area contributed by atoms with E-state index < -0.39 is 10.1 Å². The molecule has 5 nitrogen and oxygen atoms in total. The van der Waals surface area contributed by atoms with E-state index in [1.807, 2.05) is 0 Å². The van der Waals surface area contributed by atoms with E-state index in [1.165, 1.54) is 6.07 Å². The van der Waals surface area contributed by atoms with Crippen molar-refractivity contribution in [3.63, 3.8) is 0 Å². The van der Waals surface area contributed by atoms with E-state index in [4.69, 9.17) is 4.55 Å². The molecular weight excluding hydrogens is 369 g/mol. The second-order valence-corrected chi connectivity index (χ2v) is 6.36. The van der Waals surface area contributed by atoms with Crippen molar-refractivity contribution >= 4 is 44.3 Å². The summed E-state index contributed by atoms with van der Waals surface area (Å²) in [6, 6.07) is 2.90. The molecule has 0 aromatic heterocycles. The summed E-state index contributed by atoms with van der Waals surface area (Å²) < 4.78 is 32.1. The van der Waals surface area contributed by atoms with Gasteiger partial charge in [-0.25, -0.2) is 0 Å². The molecule has 0 aliphatic rings. The Morgan fingerprint density at radius 3 is 2.44 bits per heavy atom. The molecule has 2 N–H and O–H groups in total. The number of hydrogen-bond acceptors (Lipinski definition) is 3. The van der Waals surface area contributed by atoms with Gasteiger partial charge in [-0.15, -0.1) is 0 Å². The summed E-state index contributed by atoms with van der Waals surface area (Å²) in [6.07, 6.45) is 0.356. The molecule has 0 saturated carbocycles. The van der Waals surface area contributed by atoms with Crippen LogP contribution in [0, 0.1) is 13.8 Å². The maximum atomic E-state index is 11.5. The first-order valence-electron chi connectivity index (χ1n) is 5.20. The molecule has 0 saturated heterocycles. The van der Waals surface area contributed by atoms with Gasteiger partial charge >= 0.3 is 0 Å². The molecule has 18 heavy (non-hydrogen) atoms. The topological polar surface area (TPSA) is 83.5 Å². The van der Waals surface area contributed by atoms with Crippen LogP contribution in [-0.2, 0) is 14.9 Å². The average Bonchev–Trinajstić information content (AvgIpc) is 2.20. The first-order valence-corrected chi connectivity index (χ1v) is 8.17. The summed E-state index contributed by atoms with van der Waals surface area (Å²) in [7, 11) is -4.27. The van der Waals surface area contributed by atoms with Crippen molar-refractivity contribution in [2.45, 2.75) is 25.2 Å². The zero-order valence-corrected chi connectivity index (χ0v) is 13.0. The lowest BCUT2D eigenvalue weighted by molar-refractivity contribution is -0.115. The van der Waals surface area contributed by atoms with Crippen LogP contribution in [0.25, 0.3) is 0 Å². The fraction of sp³-hybridized carbons (Fsp3) is 0.364. The third-order valence-corrected chi connectivity index (χ3v) is 3.93. The zero-order chi connectivity index (χ0) is 13.9. The van der Waals surface area contributed by atoms with E-state index in [0.717, 1.165) is 5.56 Å². The van der Waals surface area contributed by atoms with Gasteiger partial charge < -0.3 is 5.32 Å². The van der Waals surface area contributed by atoms with Crippen LogP contribution in [0.3, 0.4) is 0 Å². The summed E-state index contributed by atoms with van der Waals surface area (Å²) >= 11 is 2.08. The van der Waals surface area contributed by atoms with E-state index in [1.54, 1.807) is 19.9 Å². The molecule has 0 bridgehead atoms. The van der Waals surface area contributed by atoms with Crippen LogP contribution < -0.4 is 5.32 Å². The molecule has 1 amide bonds. The van der Waals surface area contributed by atoms with Crippen molar-refractivity contribution in [3.05, 3.63) is 23.3 Å². The van der Waals surface area contributed by atoms with Gasteiger partial charge in [0.1, 0.15) is 0 Å². The summed E-state index contributed by atoms with van der Waals surface area (Å²) in [5.41, 5.74) is 1.60. The molecular formula is C11H14INO4S. The average molecular weight is 383 g/mol. The normalized spacial score (nSPS) is 11.3. The highest BCUT2D eigenvalue weighted by Crippen LogP contribution is 2.24. The summed E-state index contributed by atoms with van der Waals surface area (Å²) in [6.45, 7) is 3.35. The maximum Gasteiger partial charge on any atom is 0.294 e. The molecule has 0 unspecified atom stereocenters. The number of carbonyl (C=O) groups excluding carboxylic acids is 1. The van der Waals surface area contributed by atoms with Crippen molar-refractivity contribution in [3.8, 4) is 0 Å². The number of benzene rings is 1. The minimum atomic E-state index is -4.27. The van der Waals surface area contributed by atoms with Gasteiger partial charge in [-0.3, -0.25) is 9.35 Å². The van der Waals surface area contributed by atoms with Crippen LogP contribution in [0.2, 0.25) is 0 Å². The van der Waals surface area contributed by atoms with Gasteiger partial charge in [0.2, 0.25) is 5.91 Å². The van der Waals surface area contributed by atoms with Crippen LogP contribution >= 0.6 is 22.6 Å². The lowest BCUT2D eigenvalue weighted by Crippen LogP contribution is -2.13. The molecule has 100 valence electrons. The van der Waals surface area contributed by atoms with Crippen molar-refractivity contribution in [1.29, 1.82) is 0 Å². The number of hydrogen-bond donors (Lipinski definition) is 2. The zero-order valence-electron chi connectivity index (χ0n) is 10.0. The molecule has 0 atom stereocenters. The fourth-order valence-corrected chi connectivity index (χ4v) is 2.77. The number of carbonyl (C=O) groups is 1. The van der Waals surface area contributed by atoms with Crippen molar-refractivity contribution in [1.82, 2.24) is 0 Å². The first kappa shape index (κ1) is 15.4. The number of halogens is 1. The minimum absolute atomic E-state index is 0.183. The fourth-order valence-electron chi connectivity index (χ4n) is 1.54. The lowest BCUT2D eigenvalue weighted by Gasteiger charge is -2.11. The molecule has 0 fully saturated rings. The number of alkyl halides is 1. The highest BCUT2D eigenvalue weighted by atomic mass is 127. The van der Waals surface area contributed by atoms with Gasteiger partial charge in [-0.2, -0.15) is 8.42 Å². The second kappa shape index (κ2) is 5.98. The first-order chi connectivity index (χ1) is 8.25. The number of amides is 1. The highest BCUT2D eigenvalue weighted by Gasteiger charge is 2.16. The molecule has 1 rings (SSSR count). The van der Waals surface area contributed by atoms with Gasteiger partial charge in [-0.05, 0) is 31.0 Å². The number of rotatable bonds is 4. The van der Waals surface area contributed by atoms with Crippen LogP contribution in [0.1, 0.15) is 17.5 Å². The predicted octanol–water partition coefficient (Wildman–Crippen LogP) is 2.31. The van der Waals surface area contributed by atoms with E-state index in [2.05, 4.69) is 27.9 Å². The Morgan fingerprint density at radius 2 is 1.94 bits per heavy atom. The van der Waals surface area contributed by atoms with Crippen molar-refractivity contribution in [2.75, 3.05) is 9.74 Å². The third-order valence-electron chi connectivity index (χ3n) is 2.40. The molecule has 0 heterocycles. The Balaban J connectivity index is 3.18. The minimum Gasteiger partial charge on any atom is -0.326 e. The second-order valence-electron chi connectivity index (χ2n) is 3.89. The van der Waals surface area contributed by atoms with Gasteiger partial charge in [-0.1, -0.05) is 28.7 Å². The number of anilines is 1. The van der Waals surface area contributed by atoms with Crippen molar-refractivity contribution < 1.29 is 17.8 Å². The molecule has 0 aliphatic carbocycles. The highest BCUT2D eigenvalue weighted by molar-refractivity contribution is 14.1. The van der Waals surface area contributed by atoms with Crippen LogP contribution in [0.5, 0.6) is 0 Å². The van der Waals surface area contributed by atoms with E-state index in [-0.39, 0.29) is 10.8 Å². The van der Waals surface area contributed by atoms with Gasteiger partial charge in [0.25, 0.3) is 10.1 Å². The molecule has 0 aliphatic heterocycles. The Hall–Kier alpha value is -0.670. The summed E-state index contributed by atoms with van der Waals surface area (Å²) in [5.74, 6) is -0.183. The van der Waals surface area contributed by atoms with Gasteiger partial charge in [0.05, 0.1) is 4.90 Å². The SMILES string of the molecule is Cc1cc(C)c(S(=O)(=O)O)cc1NC(=O)CCI. The monoisotopic (exact) mass is 383 g/mol. The molecule has 1 aromatic carbocycles. The summed E-state index contributed by atoms with van der Waals surface area (Å²) in [5, 5.41) is 2.63. The predicted molar refractivity (Wildman–Crippen MR) is 77.9 cm³/mol. The number of nitrogens with one attached hydrogen (secondary N) is 1. The Morgan fingerprint density at radius 1 is 1.33 bits per heavy atom. The largest absolute Gasteiger partial charge is 0.326 e. The van der Waals surface area contributed by atoms with Gasteiger partial charge in [0, 0.05) is 16.5 Å².